The van der Waals surface area contributed by atoms with Crippen LogP contribution >= 0.6 is 0 Å². The Morgan fingerprint density at radius 2 is 2.03 bits per heavy atom. The molecule has 1 aromatic carbocycles. The Morgan fingerprint density at radius 1 is 1.15 bits per heavy atom. The van der Waals surface area contributed by atoms with Gasteiger partial charge in [-0.15, -0.1) is 0 Å². The third kappa shape index (κ3) is 3.46. The van der Waals surface area contributed by atoms with Gasteiger partial charge >= 0.3 is 0 Å². The molecule has 5 heterocycles. The molecule has 4 aromatic rings. The molecular weight excluding hydrogens is 418 g/mol. The number of H-pyrrole nitrogens is 2. The topological polar surface area (TPSA) is 109 Å². The highest BCUT2D eigenvalue weighted by atomic mass is 16.5. The molecule has 2 N–H and O–H groups in total. The van der Waals surface area contributed by atoms with Gasteiger partial charge in [-0.25, -0.2) is 4.98 Å². The van der Waals surface area contributed by atoms with Gasteiger partial charge in [-0.3, -0.25) is 5.10 Å². The number of pyridine rings is 1. The van der Waals surface area contributed by atoms with Gasteiger partial charge in [0.05, 0.1) is 50.2 Å². The molecule has 2 fully saturated rings. The quantitative estimate of drug-likeness (QED) is 0.468. The Bertz CT molecular complexity index is 1370. The Kier molecular flexibility index (Phi) is 4.68. The van der Waals surface area contributed by atoms with Crippen molar-refractivity contribution in [3.8, 4) is 34.1 Å². The normalized spacial score (nSPS) is 17.3. The molecule has 0 aliphatic carbocycles. The molecule has 0 atom stereocenters. The minimum atomic E-state index is 0.0157. The van der Waals surface area contributed by atoms with E-state index in [4.69, 9.17) is 14.2 Å². The van der Waals surface area contributed by atoms with Gasteiger partial charge in [0.2, 0.25) is 0 Å². The van der Waals surface area contributed by atoms with Crippen LogP contribution in [0.4, 0.5) is 0 Å². The van der Waals surface area contributed by atoms with Crippen LogP contribution in [0.1, 0.15) is 24.1 Å². The van der Waals surface area contributed by atoms with E-state index in [1.807, 2.05) is 36.8 Å². The molecule has 0 amide bonds. The number of hydrogen-bond acceptors (Lipinski definition) is 6. The highest BCUT2D eigenvalue weighted by molar-refractivity contribution is 5.96. The lowest BCUT2D eigenvalue weighted by Gasteiger charge is -2.37. The van der Waals surface area contributed by atoms with Crippen molar-refractivity contribution in [2.45, 2.75) is 12.8 Å². The minimum Gasteiger partial charge on any atom is -0.491 e. The third-order valence-corrected chi connectivity index (χ3v) is 6.42. The van der Waals surface area contributed by atoms with Gasteiger partial charge in [-0.2, -0.15) is 10.4 Å². The first-order chi connectivity index (χ1) is 16.1. The third-order valence-electron chi connectivity index (χ3n) is 6.42. The van der Waals surface area contributed by atoms with Crippen molar-refractivity contribution in [3.63, 3.8) is 0 Å². The molecule has 2 aliphatic rings. The molecule has 166 valence electrons. The van der Waals surface area contributed by atoms with Crippen LogP contribution in [0.5, 0.6) is 5.75 Å². The van der Waals surface area contributed by atoms with Gasteiger partial charge in [-0.1, -0.05) is 13.0 Å². The summed E-state index contributed by atoms with van der Waals surface area (Å²) in [5.74, 6) is 0.908. The van der Waals surface area contributed by atoms with Crippen molar-refractivity contribution >= 4 is 11.0 Å². The number of benzene rings is 1. The zero-order chi connectivity index (χ0) is 22.4. The summed E-state index contributed by atoms with van der Waals surface area (Å²) in [6.07, 6.45) is 5.70. The summed E-state index contributed by atoms with van der Waals surface area (Å²) < 4.78 is 16.6. The highest BCUT2D eigenvalue weighted by Crippen LogP contribution is 2.36. The molecule has 3 aromatic heterocycles. The van der Waals surface area contributed by atoms with Gasteiger partial charge in [0.1, 0.15) is 17.5 Å². The van der Waals surface area contributed by atoms with E-state index >= 15 is 0 Å². The smallest absolute Gasteiger partial charge is 0.137 e. The van der Waals surface area contributed by atoms with Crippen molar-refractivity contribution in [3.05, 3.63) is 54.1 Å². The maximum absolute atomic E-state index is 9.74. The standard InChI is InChI=1S/C25H23N5O3/c1-25(12-32-13-25)14-33-22-3-2-15(4-16(22)6-26)20-8-28-24-19(20)5-17(7-27-24)21-9-29-30-23(21)18-10-31-11-18/h2-5,7-9,18H,10-14H2,1H3,(H,27,28)(H,29,30). The number of rotatable bonds is 6. The molecule has 0 unspecified atom stereocenters. The molecule has 8 heteroatoms. The molecule has 6 rings (SSSR count). The van der Waals surface area contributed by atoms with E-state index in [1.165, 1.54) is 0 Å². The SMILES string of the molecule is CC1(COc2ccc(-c3c[nH]c4ncc(-c5c[nH]nc5C5COC5)cc34)cc2C#N)COC1. The summed E-state index contributed by atoms with van der Waals surface area (Å²) in [7, 11) is 0. The van der Waals surface area contributed by atoms with Crippen LogP contribution in [-0.2, 0) is 9.47 Å². The second-order valence-corrected chi connectivity index (χ2v) is 9.16. The van der Waals surface area contributed by atoms with Crippen LogP contribution in [0.15, 0.2) is 42.9 Å². The largest absolute Gasteiger partial charge is 0.491 e. The fraction of sp³-hybridized carbons (Fsp3) is 0.320. The van der Waals surface area contributed by atoms with Crippen LogP contribution in [0.2, 0.25) is 0 Å². The predicted molar refractivity (Wildman–Crippen MR) is 122 cm³/mol. The van der Waals surface area contributed by atoms with Crippen molar-refractivity contribution in [1.82, 2.24) is 20.2 Å². The van der Waals surface area contributed by atoms with E-state index in [0.29, 0.717) is 50.3 Å². The van der Waals surface area contributed by atoms with E-state index in [0.717, 1.165) is 39.0 Å². The molecule has 0 radical (unpaired) electrons. The van der Waals surface area contributed by atoms with Gasteiger partial charge in [0, 0.05) is 46.1 Å². The maximum atomic E-state index is 9.74. The Morgan fingerprint density at radius 3 is 2.76 bits per heavy atom. The summed E-state index contributed by atoms with van der Waals surface area (Å²) in [5.41, 5.74) is 6.29. The summed E-state index contributed by atoms with van der Waals surface area (Å²) in [5, 5.41) is 18.2. The zero-order valence-corrected chi connectivity index (χ0v) is 18.2. The Labute approximate surface area is 190 Å². The average Bonchev–Trinajstić information content (AvgIpc) is 3.42. The number of nitrogens with one attached hydrogen (secondary N) is 2. The van der Waals surface area contributed by atoms with Crippen LogP contribution in [0.3, 0.4) is 0 Å². The van der Waals surface area contributed by atoms with Gasteiger partial charge < -0.3 is 19.2 Å². The lowest BCUT2D eigenvalue weighted by atomic mass is 9.90. The summed E-state index contributed by atoms with van der Waals surface area (Å²) in [4.78, 5) is 7.88. The van der Waals surface area contributed by atoms with E-state index in [2.05, 4.69) is 39.2 Å². The minimum absolute atomic E-state index is 0.0157. The number of ether oxygens (including phenoxy) is 3. The molecule has 0 bridgehead atoms. The molecule has 0 saturated carbocycles. The highest BCUT2D eigenvalue weighted by Gasteiger charge is 2.34. The van der Waals surface area contributed by atoms with E-state index < -0.39 is 0 Å². The first kappa shape index (κ1) is 20.0. The molecule has 2 saturated heterocycles. The predicted octanol–water partition coefficient (Wildman–Crippen LogP) is 4.02. The monoisotopic (exact) mass is 441 g/mol. The van der Waals surface area contributed by atoms with Crippen molar-refractivity contribution < 1.29 is 14.2 Å². The molecule has 8 nitrogen and oxygen atoms in total. The Hall–Kier alpha value is -3.67. The van der Waals surface area contributed by atoms with Crippen molar-refractivity contribution in [1.29, 1.82) is 5.26 Å². The first-order valence-corrected chi connectivity index (χ1v) is 11.0. The van der Waals surface area contributed by atoms with E-state index in [1.54, 1.807) is 0 Å². The number of aromatic nitrogens is 4. The van der Waals surface area contributed by atoms with E-state index in [9.17, 15) is 5.26 Å². The fourth-order valence-corrected chi connectivity index (χ4v) is 4.32. The van der Waals surface area contributed by atoms with Gasteiger partial charge in [0.25, 0.3) is 0 Å². The number of fused-ring (bicyclic) bond motifs is 1. The number of hydrogen-bond donors (Lipinski definition) is 2. The van der Waals surface area contributed by atoms with Crippen LogP contribution in [0, 0.1) is 16.7 Å². The van der Waals surface area contributed by atoms with Crippen LogP contribution in [-0.4, -0.2) is 53.2 Å². The molecular formula is C25H23N5O3. The first-order valence-electron chi connectivity index (χ1n) is 11.0. The summed E-state index contributed by atoms with van der Waals surface area (Å²) in [6, 6.07) is 10.1. The fourth-order valence-electron chi connectivity index (χ4n) is 4.32. The lowest BCUT2D eigenvalue weighted by molar-refractivity contribution is -0.120. The van der Waals surface area contributed by atoms with Crippen LogP contribution in [0.25, 0.3) is 33.3 Å². The maximum Gasteiger partial charge on any atom is 0.137 e. The second-order valence-electron chi connectivity index (χ2n) is 9.16. The summed E-state index contributed by atoms with van der Waals surface area (Å²) in [6.45, 7) is 5.41. The van der Waals surface area contributed by atoms with Gasteiger partial charge in [-0.05, 0) is 23.8 Å². The van der Waals surface area contributed by atoms with Crippen LogP contribution < -0.4 is 4.74 Å². The second kappa shape index (κ2) is 7.73. The molecule has 0 spiro atoms. The van der Waals surface area contributed by atoms with Gasteiger partial charge in [0.15, 0.2) is 0 Å². The van der Waals surface area contributed by atoms with Crippen molar-refractivity contribution in [2.24, 2.45) is 5.41 Å². The number of nitriles is 1. The number of nitrogens with zero attached hydrogens (tertiary/aromatic N) is 3. The molecule has 2 aliphatic heterocycles. The average molecular weight is 441 g/mol. The van der Waals surface area contributed by atoms with Crippen molar-refractivity contribution in [2.75, 3.05) is 33.0 Å². The Balaban J connectivity index is 1.34. The van der Waals surface area contributed by atoms with E-state index in [-0.39, 0.29) is 5.41 Å². The summed E-state index contributed by atoms with van der Waals surface area (Å²) >= 11 is 0. The number of aromatic amines is 2. The molecule has 33 heavy (non-hydrogen) atoms. The lowest BCUT2D eigenvalue weighted by Crippen LogP contribution is -2.44. The zero-order valence-electron chi connectivity index (χ0n) is 18.2.